The first-order valence-electron chi connectivity index (χ1n) is 7.98. The van der Waals surface area contributed by atoms with Crippen LogP contribution in [0.3, 0.4) is 0 Å². The molecule has 1 aliphatic heterocycles. The molecular weight excluding hydrogens is 325 g/mol. The number of nitrogens with one attached hydrogen (secondary N) is 1. The average molecular weight is 343 g/mol. The van der Waals surface area contributed by atoms with E-state index < -0.39 is 0 Å². The molecule has 0 spiro atoms. The summed E-state index contributed by atoms with van der Waals surface area (Å²) < 4.78 is 18.1. The number of amides is 2. The average Bonchev–Trinajstić information content (AvgIpc) is 2.67. The topological polar surface area (TPSA) is 71.5 Å². The number of nitrogens with zero attached hydrogens (tertiary/aromatic N) is 2. The minimum absolute atomic E-state index is 0.163. The van der Waals surface area contributed by atoms with Crippen LogP contribution < -0.4 is 5.32 Å². The quantitative estimate of drug-likeness (QED) is 0.916. The third-order valence-corrected chi connectivity index (χ3v) is 3.91. The van der Waals surface area contributed by atoms with Gasteiger partial charge >= 0.3 is 0 Å². The van der Waals surface area contributed by atoms with Crippen LogP contribution in [0.5, 0.6) is 0 Å². The standard InChI is InChI=1S/C18H18FN3O3/c19-16-3-1-13(2-4-16)10-21-17(23)14-9-15(12-20-11-14)18(24)22-5-7-25-8-6-22/h1-4,9,11-12H,5-8,10H2,(H,21,23). The molecule has 0 unspecified atom stereocenters. The number of ether oxygens (including phenoxy) is 1. The Kier molecular flexibility index (Phi) is 5.35. The van der Waals surface area contributed by atoms with E-state index in [4.69, 9.17) is 4.74 Å². The lowest BCUT2D eigenvalue weighted by atomic mass is 10.1. The van der Waals surface area contributed by atoms with Gasteiger partial charge in [-0.05, 0) is 23.8 Å². The SMILES string of the molecule is O=C(NCc1ccc(F)cc1)c1cncc(C(=O)N2CCOCC2)c1. The van der Waals surface area contributed by atoms with E-state index in [1.165, 1.54) is 30.6 Å². The Morgan fingerprint density at radius 3 is 2.52 bits per heavy atom. The molecule has 25 heavy (non-hydrogen) atoms. The number of morpholine rings is 1. The number of carbonyl (C=O) groups excluding carboxylic acids is 2. The normalized spacial score (nSPS) is 14.2. The van der Waals surface area contributed by atoms with Crippen LogP contribution >= 0.6 is 0 Å². The van der Waals surface area contributed by atoms with E-state index in [0.717, 1.165) is 5.56 Å². The number of benzene rings is 1. The van der Waals surface area contributed by atoms with Crippen LogP contribution in [0.1, 0.15) is 26.3 Å². The Balaban J connectivity index is 1.64. The highest BCUT2D eigenvalue weighted by Crippen LogP contribution is 2.09. The van der Waals surface area contributed by atoms with Gasteiger partial charge in [-0.15, -0.1) is 0 Å². The van der Waals surface area contributed by atoms with Gasteiger partial charge in [-0.1, -0.05) is 12.1 Å². The Morgan fingerprint density at radius 2 is 1.80 bits per heavy atom. The van der Waals surface area contributed by atoms with Gasteiger partial charge in [-0.2, -0.15) is 0 Å². The zero-order valence-electron chi connectivity index (χ0n) is 13.6. The van der Waals surface area contributed by atoms with Gasteiger partial charge in [-0.3, -0.25) is 14.6 Å². The second-order valence-electron chi connectivity index (χ2n) is 5.68. The third kappa shape index (κ3) is 4.39. The monoisotopic (exact) mass is 343 g/mol. The van der Waals surface area contributed by atoms with Gasteiger partial charge in [0.25, 0.3) is 11.8 Å². The fraction of sp³-hybridized carbons (Fsp3) is 0.278. The number of hydrogen-bond acceptors (Lipinski definition) is 4. The minimum Gasteiger partial charge on any atom is -0.378 e. The molecule has 1 aromatic carbocycles. The maximum absolute atomic E-state index is 12.9. The molecule has 3 rings (SSSR count). The summed E-state index contributed by atoms with van der Waals surface area (Å²) in [7, 11) is 0. The van der Waals surface area contributed by atoms with Crippen LogP contribution in [-0.2, 0) is 11.3 Å². The molecule has 1 fully saturated rings. The number of hydrogen-bond donors (Lipinski definition) is 1. The summed E-state index contributed by atoms with van der Waals surface area (Å²) in [6, 6.07) is 7.42. The molecule has 1 saturated heterocycles. The molecule has 1 aromatic heterocycles. The largest absolute Gasteiger partial charge is 0.378 e. The highest BCUT2D eigenvalue weighted by molar-refractivity contribution is 5.99. The van der Waals surface area contributed by atoms with Crippen LogP contribution in [0.25, 0.3) is 0 Å². The molecule has 0 radical (unpaired) electrons. The number of rotatable bonds is 4. The van der Waals surface area contributed by atoms with Crippen molar-refractivity contribution in [3.63, 3.8) is 0 Å². The van der Waals surface area contributed by atoms with Crippen molar-refractivity contribution in [2.24, 2.45) is 0 Å². The molecule has 6 nitrogen and oxygen atoms in total. The molecular formula is C18H18FN3O3. The molecule has 0 bridgehead atoms. The van der Waals surface area contributed by atoms with Gasteiger partial charge < -0.3 is 15.0 Å². The van der Waals surface area contributed by atoms with Crippen molar-refractivity contribution in [3.8, 4) is 0 Å². The van der Waals surface area contributed by atoms with E-state index >= 15 is 0 Å². The van der Waals surface area contributed by atoms with E-state index in [1.54, 1.807) is 17.0 Å². The summed E-state index contributed by atoms with van der Waals surface area (Å²) in [6.07, 6.45) is 2.87. The number of aromatic nitrogens is 1. The third-order valence-electron chi connectivity index (χ3n) is 3.91. The molecule has 7 heteroatoms. The highest BCUT2D eigenvalue weighted by Gasteiger charge is 2.19. The highest BCUT2D eigenvalue weighted by atomic mass is 19.1. The molecule has 1 aliphatic rings. The fourth-order valence-electron chi connectivity index (χ4n) is 2.52. The van der Waals surface area contributed by atoms with Gasteiger partial charge in [0.1, 0.15) is 5.82 Å². The van der Waals surface area contributed by atoms with Gasteiger partial charge in [0.15, 0.2) is 0 Å². The minimum atomic E-state index is -0.339. The number of carbonyl (C=O) groups is 2. The van der Waals surface area contributed by atoms with E-state index in [9.17, 15) is 14.0 Å². The molecule has 0 atom stereocenters. The van der Waals surface area contributed by atoms with Gasteiger partial charge in [0, 0.05) is 32.0 Å². The van der Waals surface area contributed by atoms with Crippen LogP contribution in [-0.4, -0.2) is 48.0 Å². The van der Waals surface area contributed by atoms with Crippen LogP contribution in [0.2, 0.25) is 0 Å². The summed E-state index contributed by atoms with van der Waals surface area (Å²) in [6.45, 7) is 2.34. The van der Waals surface area contributed by atoms with Crippen molar-refractivity contribution in [2.45, 2.75) is 6.54 Å². The zero-order chi connectivity index (χ0) is 17.6. The number of pyridine rings is 1. The lowest BCUT2D eigenvalue weighted by molar-refractivity contribution is 0.0302. The Bertz CT molecular complexity index is 758. The van der Waals surface area contributed by atoms with Crippen molar-refractivity contribution in [2.75, 3.05) is 26.3 Å². The summed E-state index contributed by atoms with van der Waals surface area (Å²) in [5.41, 5.74) is 1.46. The van der Waals surface area contributed by atoms with E-state index in [-0.39, 0.29) is 24.2 Å². The first kappa shape index (κ1) is 17.0. The van der Waals surface area contributed by atoms with E-state index in [2.05, 4.69) is 10.3 Å². The van der Waals surface area contributed by atoms with Crippen LogP contribution in [0.4, 0.5) is 4.39 Å². The Hall–Kier alpha value is -2.80. The first-order chi connectivity index (χ1) is 12.1. The van der Waals surface area contributed by atoms with Gasteiger partial charge in [-0.25, -0.2) is 4.39 Å². The molecule has 0 saturated carbocycles. The van der Waals surface area contributed by atoms with Crippen molar-refractivity contribution >= 4 is 11.8 Å². The lowest BCUT2D eigenvalue weighted by Crippen LogP contribution is -2.40. The molecule has 2 aromatic rings. The second kappa shape index (κ2) is 7.85. The molecule has 130 valence electrons. The zero-order valence-corrected chi connectivity index (χ0v) is 13.6. The summed E-state index contributed by atoms with van der Waals surface area (Å²) in [5.74, 6) is -0.828. The van der Waals surface area contributed by atoms with Gasteiger partial charge in [0.2, 0.25) is 0 Å². The first-order valence-corrected chi connectivity index (χ1v) is 7.98. The van der Waals surface area contributed by atoms with E-state index in [1.807, 2.05) is 0 Å². The molecule has 0 aliphatic carbocycles. The number of halogens is 1. The lowest BCUT2D eigenvalue weighted by Gasteiger charge is -2.26. The summed E-state index contributed by atoms with van der Waals surface area (Å²) in [4.78, 5) is 30.4. The van der Waals surface area contributed by atoms with Crippen molar-refractivity contribution in [1.29, 1.82) is 0 Å². The maximum atomic E-state index is 12.9. The van der Waals surface area contributed by atoms with Crippen LogP contribution in [0.15, 0.2) is 42.7 Å². The van der Waals surface area contributed by atoms with Crippen molar-refractivity contribution in [1.82, 2.24) is 15.2 Å². The van der Waals surface area contributed by atoms with Crippen molar-refractivity contribution in [3.05, 3.63) is 65.2 Å². The predicted molar refractivity (Wildman–Crippen MR) is 88.5 cm³/mol. The Morgan fingerprint density at radius 1 is 1.12 bits per heavy atom. The smallest absolute Gasteiger partial charge is 0.255 e. The predicted octanol–water partition coefficient (Wildman–Crippen LogP) is 1.62. The summed E-state index contributed by atoms with van der Waals surface area (Å²) >= 11 is 0. The fourth-order valence-corrected chi connectivity index (χ4v) is 2.52. The van der Waals surface area contributed by atoms with E-state index in [0.29, 0.717) is 37.4 Å². The molecule has 2 heterocycles. The summed E-state index contributed by atoms with van der Waals surface area (Å²) in [5, 5.41) is 2.73. The van der Waals surface area contributed by atoms with Gasteiger partial charge in [0.05, 0.1) is 24.3 Å². The van der Waals surface area contributed by atoms with Crippen LogP contribution in [0, 0.1) is 5.82 Å². The molecule has 2 amide bonds. The maximum Gasteiger partial charge on any atom is 0.255 e. The Labute approximate surface area is 144 Å². The van der Waals surface area contributed by atoms with Crippen molar-refractivity contribution < 1.29 is 18.7 Å². The second-order valence-corrected chi connectivity index (χ2v) is 5.68. The molecule has 1 N–H and O–H groups in total.